The predicted octanol–water partition coefficient (Wildman–Crippen LogP) is 2.91. The van der Waals surface area contributed by atoms with Crippen molar-refractivity contribution in [2.45, 2.75) is 25.5 Å². The first-order valence-corrected chi connectivity index (χ1v) is 9.41. The van der Waals surface area contributed by atoms with Crippen LogP contribution in [0.1, 0.15) is 41.5 Å². The van der Waals surface area contributed by atoms with Gasteiger partial charge >= 0.3 is 0 Å². The van der Waals surface area contributed by atoms with Crippen molar-refractivity contribution < 1.29 is 4.79 Å². The highest BCUT2D eigenvalue weighted by molar-refractivity contribution is 7.98. The van der Waals surface area contributed by atoms with Gasteiger partial charge in [-0.15, -0.1) is 0 Å². The largest absolute Gasteiger partial charge is 0.350 e. The van der Waals surface area contributed by atoms with Gasteiger partial charge in [0.05, 0.1) is 5.69 Å². The molecule has 1 amide bonds. The van der Waals surface area contributed by atoms with Crippen LogP contribution in [0.2, 0.25) is 0 Å². The van der Waals surface area contributed by atoms with E-state index in [1.807, 2.05) is 18.2 Å². The Hall–Kier alpha value is -2.41. The summed E-state index contributed by atoms with van der Waals surface area (Å²) in [5, 5.41) is 7.09. The van der Waals surface area contributed by atoms with E-state index in [0.29, 0.717) is 18.0 Å². The maximum atomic E-state index is 12.4. The Balaban J connectivity index is 1.55. The smallest absolute Gasteiger partial charge is 0.270 e. The zero-order valence-corrected chi connectivity index (χ0v) is 15.2. The van der Waals surface area contributed by atoms with E-state index >= 15 is 0 Å². The molecule has 2 aromatic heterocycles. The Bertz CT molecular complexity index is 847. The molecule has 3 aromatic rings. The van der Waals surface area contributed by atoms with Gasteiger partial charge in [0.25, 0.3) is 11.7 Å². The van der Waals surface area contributed by atoms with Crippen molar-refractivity contribution in [2.24, 2.45) is 0 Å². The summed E-state index contributed by atoms with van der Waals surface area (Å²) < 4.78 is 1.68. The number of hydrogen-bond donors (Lipinski definition) is 1. The van der Waals surface area contributed by atoms with Gasteiger partial charge in [-0.25, -0.2) is 9.50 Å². The monoisotopic (exact) mass is 355 g/mol. The van der Waals surface area contributed by atoms with Gasteiger partial charge in [0.15, 0.2) is 0 Å². The molecule has 6 nitrogen and oxygen atoms in total. The lowest BCUT2D eigenvalue weighted by atomic mass is 10.1. The maximum Gasteiger partial charge on any atom is 0.270 e. The average Bonchev–Trinajstić information content (AvgIpc) is 3.09. The van der Waals surface area contributed by atoms with E-state index in [-0.39, 0.29) is 11.8 Å². The molecule has 2 heterocycles. The number of thioether (sulfide) groups is 1. The molecule has 130 valence electrons. The normalized spacial score (nSPS) is 11.2. The second-order valence-corrected chi connectivity index (χ2v) is 7.09. The molecular weight excluding hydrogens is 334 g/mol. The minimum atomic E-state index is -0.173. The Morgan fingerprint density at radius 2 is 2.08 bits per heavy atom. The number of nitrogens with one attached hydrogen (secondary N) is 1. The summed E-state index contributed by atoms with van der Waals surface area (Å²) in [6, 6.07) is 12.1. The lowest BCUT2D eigenvalue weighted by molar-refractivity contribution is 0.0951. The Labute approximate surface area is 151 Å². The molecule has 0 spiro atoms. The van der Waals surface area contributed by atoms with Gasteiger partial charge < -0.3 is 5.32 Å². The predicted molar refractivity (Wildman–Crippen MR) is 99.8 cm³/mol. The van der Waals surface area contributed by atoms with Crippen LogP contribution in [0.3, 0.4) is 0 Å². The molecule has 0 unspecified atom stereocenters. The highest BCUT2D eigenvalue weighted by Gasteiger charge is 2.15. The van der Waals surface area contributed by atoms with Crippen molar-refractivity contribution >= 4 is 23.4 Å². The van der Waals surface area contributed by atoms with Crippen LogP contribution in [0.5, 0.6) is 0 Å². The fourth-order valence-corrected chi connectivity index (χ4v) is 3.27. The third-order valence-electron chi connectivity index (χ3n) is 3.75. The van der Waals surface area contributed by atoms with Gasteiger partial charge in [0, 0.05) is 18.1 Å². The zero-order valence-electron chi connectivity index (χ0n) is 14.3. The van der Waals surface area contributed by atoms with Crippen LogP contribution in [0.4, 0.5) is 0 Å². The molecular formula is C18H21N5OS. The molecule has 1 N–H and O–H groups in total. The third kappa shape index (κ3) is 4.36. The van der Waals surface area contributed by atoms with Gasteiger partial charge in [-0.2, -0.15) is 21.8 Å². The molecule has 0 radical (unpaired) electrons. The summed E-state index contributed by atoms with van der Waals surface area (Å²) in [4.78, 5) is 20.8. The fraction of sp³-hybridized carbons (Fsp3) is 0.333. The summed E-state index contributed by atoms with van der Waals surface area (Å²) in [6.07, 6.45) is 1.45. The van der Waals surface area contributed by atoms with Crippen molar-refractivity contribution in [3.8, 4) is 0 Å². The summed E-state index contributed by atoms with van der Waals surface area (Å²) >= 11 is 1.79. The molecule has 3 rings (SSSR count). The van der Waals surface area contributed by atoms with Crippen LogP contribution >= 0.6 is 11.8 Å². The van der Waals surface area contributed by atoms with E-state index < -0.39 is 0 Å². The van der Waals surface area contributed by atoms with Crippen molar-refractivity contribution in [3.63, 3.8) is 0 Å². The molecule has 0 saturated heterocycles. The topological polar surface area (TPSA) is 72.2 Å². The van der Waals surface area contributed by atoms with E-state index in [2.05, 4.69) is 46.4 Å². The van der Waals surface area contributed by atoms with E-state index in [9.17, 15) is 4.79 Å². The number of nitrogens with zero attached hydrogens (tertiary/aromatic N) is 4. The minimum absolute atomic E-state index is 0.173. The van der Waals surface area contributed by atoms with Crippen LogP contribution in [0.25, 0.3) is 5.78 Å². The van der Waals surface area contributed by atoms with Crippen LogP contribution in [-0.2, 0) is 5.75 Å². The summed E-state index contributed by atoms with van der Waals surface area (Å²) in [5.41, 5.74) is 2.60. The first-order valence-electron chi connectivity index (χ1n) is 8.25. The molecule has 0 bridgehead atoms. The number of carbonyl (C=O) groups excluding carboxylic acids is 1. The molecule has 0 aliphatic rings. The van der Waals surface area contributed by atoms with E-state index in [1.165, 1.54) is 11.9 Å². The third-order valence-corrected chi connectivity index (χ3v) is 4.78. The summed E-state index contributed by atoms with van der Waals surface area (Å²) in [7, 11) is 0. The number of aromatic nitrogens is 4. The SMILES string of the molecule is CC(C)c1cc(C(=O)NCCSCc2ccccc2)nc2ncnn12. The standard InChI is InChI=1S/C18H21N5OS/c1-13(2)16-10-15(22-18-20-12-21-23(16)18)17(24)19-8-9-25-11-14-6-4-3-5-7-14/h3-7,10,12-13H,8-9,11H2,1-2H3,(H,19,24). The molecule has 25 heavy (non-hydrogen) atoms. The van der Waals surface area contributed by atoms with E-state index in [1.54, 1.807) is 22.3 Å². The quantitative estimate of drug-likeness (QED) is 0.660. The van der Waals surface area contributed by atoms with E-state index in [0.717, 1.165) is 17.2 Å². The number of carbonyl (C=O) groups is 1. The zero-order chi connectivity index (χ0) is 17.6. The molecule has 0 aliphatic carbocycles. The highest BCUT2D eigenvalue weighted by Crippen LogP contribution is 2.15. The second kappa shape index (κ2) is 8.11. The minimum Gasteiger partial charge on any atom is -0.350 e. The number of amides is 1. The van der Waals surface area contributed by atoms with Crippen LogP contribution in [-0.4, -0.2) is 37.8 Å². The Morgan fingerprint density at radius 1 is 1.28 bits per heavy atom. The van der Waals surface area contributed by atoms with Crippen molar-refractivity contribution in [2.75, 3.05) is 12.3 Å². The highest BCUT2D eigenvalue weighted by atomic mass is 32.2. The van der Waals surface area contributed by atoms with Gasteiger partial charge in [-0.1, -0.05) is 44.2 Å². The summed E-state index contributed by atoms with van der Waals surface area (Å²) in [6.45, 7) is 4.71. The Morgan fingerprint density at radius 3 is 2.84 bits per heavy atom. The number of benzene rings is 1. The van der Waals surface area contributed by atoms with Gasteiger partial charge in [-0.05, 0) is 17.5 Å². The number of hydrogen-bond acceptors (Lipinski definition) is 5. The molecule has 0 aliphatic heterocycles. The summed E-state index contributed by atoms with van der Waals surface area (Å²) in [5.74, 6) is 2.30. The molecule has 0 saturated carbocycles. The number of rotatable bonds is 7. The maximum absolute atomic E-state index is 12.4. The van der Waals surface area contributed by atoms with Crippen molar-refractivity contribution in [3.05, 3.63) is 59.7 Å². The van der Waals surface area contributed by atoms with Crippen LogP contribution < -0.4 is 5.32 Å². The molecule has 7 heteroatoms. The van der Waals surface area contributed by atoms with Crippen molar-refractivity contribution in [1.29, 1.82) is 0 Å². The van der Waals surface area contributed by atoms with E-state index in [4.69, 9.17) is 0 Å². The second-order valence-electron chi connectivity index (χ2n) is 5.99. The number of fused-ring (bicyclic) bond motifs is 1. The Kier molecular flexibility index (Phi) is 5.65. The van der Waals surface area contributed by atoms with Gasteiger partial charge in [0.2, 0.25) is 0 Å². The van der Waals surface area contributed by atoms with Gasteiger partial charge in [0.1, 0.15) is 12.0 Å². The lowest BCUT2D eigenvalue weighted by Crippen LogP contribution is -2.27. The molecule has 0 atom stereocenters. The van der Waals surface area contributed by atoms with Crippen LogP contribution in [0.15, 0.2) is 42.7 Å². The average molecular weight is 355 g/mol. The first kappa shape index (κ1) is 17.4. The van der Waals surface area contributed by atoms with Crippen LogP contribution in [0, 0.1) is 0 Å². The fourth-order valence-electron chi connectivity index (χ4n) is 2.45. The first-order chi connectivity index (χ1) is 12.1. The van der Waals surface area contributed by atoms with Crippen molar-refractivity contribution in [1.82, 2.24) is 24.9 Å². The van der Waals surface area contributed by atoms with Gasteiger partial charge in [-0.3, -0.25) is 4.79 Å². The molecule has 1 aromatic carbocycles. The molecule has 0 fully saturated rings. The lowest BCUT2D eigenvalue weighted by Gasteiger charge is -2.10.